The highest BCUT2D eigenvalue weighted by Crippen LogP contribution is 2.42. The highest BCUT2D eigenvalue weighted by Gasteiger charge is 2.40. The zero-order valence-corrected chi connectivity index (χ0v) is 14.1. The predicted molar refractivity (Wildman–Crippen MR) is 91.3 cm³/mol. The molecule has 0 bridgehead atoms. The molecule has 1 aromatic heterocycles. The Bertz CT molecular complexity index is 817. The maximum Gasteiger partial charge on any atom is 0.270 e. The SMILES string of the molecule is COC(OC)C1(C)C=C(c2ccncc2)c2cc([N+](=O)[O-])ccc2O1. The first-order valence-electron chi connectivity index (χ1n) is 7.65. The lowest BCUT2D eigenvalue weighted by Crippen LogP contribution is -2.47. The van der Waals surface area contributed by atoms with Gasteiger partial charge in [0, 0.05) is 44.3 Å². The fourth-order valence-corrected chi connectivity index (χ4v) is 3.01. The number of nitro benzene ring substituents is 1. The summed E-state index contributed by atoms with van der Waals surface area (Å²) in [4.78, 5) is 14.8. The van der Waals surface area contributed by atoms with Gasteiger partial charge in [-0.25, -0.2) is 0 Å². The van der Waals surface area contributed by atoms with E-state index < -0.39 is 16.8 Å². The van der Waals surface area contributed by atoms with Gasteiger partial charge in [0.15, 0.2) is 5.60 Å². The van der Waals surface area contributed by atoms with Crippen molar-refractivity contribution in [3.63, 3.8) is 0 Å². The molecular formula is C18H18N2O5. The Balaban J connectivity index is 2.20. The molecule has 0 radical (unpaired) electrons. The van der Waals surface area contributed by atoms with Crippen molar-refractivity contribution in [1.29, 1.82) is 0 Å². The van der Waals surface area contributed by atoms with Crippen LogP contribution in [0.1, 0.15) is 18.1 Å². The molecule has 1 aromatic carbocycles. The molecule has 2 aromatic rings. The molecule has 0 N–H and O–H groups in total. The monoisotopic (exact) mass is 342 g/mol. The van der Waals surface area contributed by atoms with Gasteiger partial charge in [-0.2, -0.15) is 0 Å². The van der Waals surface area contributed by atoms with E-state index in [-0.39, 0.29) is 5.69 Å². The summed E-state index contributed by atoms with van der Waals surface area (Å²) < 4.78 is 16.9. The average Bonchev–Trinajstić information content (AvgIpc) is 2.62. The van der Waals surface area contributed by atoms with Gasteiger partial charge in [-0.15, -0.1) is 0 Å². The van der Waals surface area contributed by atoms with Crippen LogP contribution in [0.2, 0.25) is 0 Å². The topological polar surface area (TPSA) is 83.7 Å². The molecule has 2 heterocycles. The minimum Gasteiger partial charge on any atom is -0.477 e. The molecule has 3 rings (SSSR count). The first-order valence-corrected chi connectivity index (χ1v) is 7.65. The molecular weight excluding hydrogens is 324 g/mol. The lowest BCUT2D eigenvalue weighted by Gasteiger charge is -2.38. The van der Waals surface area contributed by atoms with Gasteiger partial charge in [-0.05, 0) is 42.3 Å². The van der Waals surface area contributed by atoms with Crippen LogP contribution in [0.15, 0.2) is 48.8 Å². The van der Waals surface area contributed by atoms with Gasteiger partial charge >= 0.3 is 0 Å². The van der Waals surface area contributed by atoms with Gasteiger partial charge in [0.1, 0.15) is 5.75 Å². The number of hydrogen-bond acceptors (Lipinski definition) is 6. The minimum atomic E-state index is -0.898. The number of non-ortho nitro benzene ring substituents is 1. The van der Waals surface area contributed by atoms with Crippen molar-refractivity contribution in [3.8, 4) is 5.75 Å². The second kappa shape index (κ2) is 6.62. The van der Waals surface area contributed by atoms with Gasteiger partial charge in [-0.3, -0.25) is 15.1 Å². The molecule has 7 heteroatoms. The fraction of sp³-hybridized carbons (Fsp3) is 0.278. The highest BCUT2D eigenvalue weighted by molar-refractivity contribution is 5.85. The van der Waals surface area contributed by atoms with Crippen LogP contribution in [-0.2, 0) is 9.47 Å². The first kappa shape index (κ1) is 17.1. The normalized spacial score (nSPS) is 19.1. The molecule has 0 spiro atoms. The number of nitro groups is 1. The molecule has 1 atom stereocenters. The molecule has 0 fully saturated rings. The number of fused-ring (bicyclic) bond motifs is 1. The number of aromatic nitrogens is 1. The van der Waals surface area contributed by atoms with Gasteiger partial charge in [-0.1, -0.05) is 0 Å². The van der Waals surface area contributed by atoms with Crippen molar-refractivity contribution in [3.05, 3.63) is 70.0 Å². The van der Waals surface area contributed by atoms with Gasteiger partial charge < -0.3 is 14.2 Å². The van der Waals surface area contributed by atoms with E-state index in [1.807, 2.05) is 25.1 Å². The van der Waals surface area contributed by atoms with Gasteiger partial charge in [0.25, 0.3) is 5.69 Å². The summed E-state index contributed by atoms with van der Waals surface area (Å²) in [6.07, 6.45) is 4.56. The lowest BCUT2D eigenvalue weighted by atomic mass is 9.89. The largest absolute Gasteiger partial charge is 0.477 e. The second-order valence-corrected chi connectivity index (χ2v) is 5.82. The molecule has 1 aliphatic rings. The van der Waals surface area contributed by atoms with E-state index in [9.17, 15) is 10.1 Å². The van der Waals surface area contributed by atoms with Crippen molar-refractivity contribution >= 4 is 11.3 Å². The maximum atomic E-state index is 11.2. The summed E-state index contributed by atoms with van der Waals surface area (Å²) in [5.74, 6) is 0.529. The number of hydrogen-bond donors (Lipinski definition) is 0. The van der Waals surface area contributed by atoms with Crippen LogP contribution in [0, 0.1) is 10.1 Å². The predicted octanol–water partition coefficient (Wildman–Crippen LogP) is 3.19. The molecule has 0 amide bonds. The van der Waals surface area contributed by atoms with E-state index in [0.717, 1.165) is 11.1 Å². The fourth-order valence-electron chi connectivity index (χ4n) is 3.01. The summed E-state index contributed by atoms with van der Waals surface area (Å²) >= 11 is 0. The standard InChI is InChI=1S/C18H18N2O5/c1-18(17(23-2)24-3)11-15(12-6-8-19-9-7-12)14-10-13(20(21)22)4-5-16(14)25-18/h4-11,17H,1-3H3. The molecule has 0 saturated carbocycles. The quantitative estimate of drug-likeness (QED) is 0.471. The van der Waals surface area contributed by atoms with E-state index in [1.165, 1.54) is 26.4 Å². The van der Waals surface area contributed by atoms with Crippen molar-refractivity contribution < 1.29 is 19.1 Å². The summed E-state index contributed by atoms with van der Waals surface area (Å²) in [5, 5.41) is 11.2. The van der Waals surface area contributed by atoms with Crippen molar-refractivity contribution in [2.45, 2.75) is 18.8 Å². The van der Waals surface area contributed by atoms with Crippen molar-refractivity contribution in [1.82, 2.24) is 4.98 Å². The van der Waals surface area contributed by atoms with Crippen LogP contribution < -0.4 is 4.74 Å². The zero-order chi connectivity index (χ0) is 18.0. The zero-order valence-electron chi connectivity index (χ0n) is 14.1. The van der Waals surface area contributed by atoms with Crippen LogP contribution in [0.5, 0.6) is 5.75 Å². The van der Waals surface area contributed by atoms with Crippen LogP contribution in [0.25, 0.3) is 5.57 Å². The van der Waals surface area contributed by atoms with Gasteiger partial charge in [0.2, 0.25) is 6.29 Å². The average molecular weight is 342 g/mol. The van der Waals surface area contributed by atoms with Crippen molar-refractivity contribution in [2.75, 3.05) is 14.2 Å². The molecule has 1 aliphatic heterocycles. The number of pyridine rings is 1. The third-order valence-electron chi connectivity index (χ3n) is 4.11. The maximum absolute atomic E-state index is 11.2. The molecule has 25 heavy (non-hydrogen) atoms. The molecule has 130 valence electrons. The Hall–Kier alpha value is -2.77. The third-order valence-corrected chi connectivity index (χ3v) is 4.11. The third kappa shape index (κ3) is 3.11. The Kier molecular flexibility index (Phi) is 4.52. The van der Waals surface area contributed by atoms with E-state index in [4.69, 9.17) is 14.2 Å². The summed E-state index contributed by atoms with van der Waals surface area (Å²) in [6.45, 7) is 1.84. The number of methoxy groups -OCH3 is 2. The van der Waals surface area contributed by atoms with E-state index in [2.05, 4.69) is 4.98 Å². The molecule has 0 saturated heterocycles. The summed E-state index contributed by atoms with van der Waals surface area (Å²) in [5.41, 5.74) is 1.42. The smallest absolute Gasteiger partial charge is 0.270 e. The van der Waals surface area contributed by atoms with E-state index in [0.29, 0.717) is 11.3 Å². The number of nitrogens with zero attached hydrogens (tertiary/aromatic N) is 2. The Morgan fingerprint density at radius 1 is 1.20 bits per heavy atom. The highest BCUT2D eigenvalue weighted by atomic mass is 16.7. The van der Waals surface area contributed by atoms with Crippen LogP contribution in [-0.4, -0.2) is 36.0 Å². The lowest BCUT2D eigenvalue weighted by molar-refractivity contribution is -0.384. The Morgan fingerprint density at radius 2 is 1.88 bits per heavy atom. The van der Waals surface area contributed by atoms with Gasteiger partial charge in [0.05, 0.1) is 4.92 Å². The van der Waals surface area contributed by atoms with Crippen LogP contribution >= 0.6 is 0 Å². The minimum absolute atomic E-state index is 0.000872. The Labute approximate surface area is 145 Å². The van der Waals surface area contributed by atoms with Crippen LogP contribution in [0.4, 0.5) is 5.69 Å². The number of rotatable bonds is 5. The summed E-state index contributed by atoms with van der Waals surface area (Å²) in [7, 11) is 3.07. The second-order valence-electron chi connectivity index (χ2n) is 5.82. The molecule has 1 unspecified atom stereocenters. The van der Waals surface area contributed by atoms with Crippen molar-refractivity contribution in [2.24, 2.45) is 0 Å². The van der Waals surface area contributed by atoms with Crippen LogP contribution in [0.3, 0.4) is 0 Å². The van der Waals surface area contributed by atoms with E-state index >= 15 is 0 Å². The van der Waals surface area contributed by atoms with E-state index in [1.54, 1.807) is 18.5 Å². The summed E-state index contributed by atoms with van der Waals surface area (Å²) in [6, 6.07) is 8.21. The number of benzene rings is 1. The number of ether oxygens (including phenoxy) is 3. The Morgan fingerprint density at radius 3 is 2.48 bits per heavy atom. The first-order chi connectivity index (χ1) is 12.0. The molecule has 7 nitrogen and oxygen atoms in total. The molecule has 0 aliphatic carbocycles.